The zero-order valence-electron chi connectivity index (χ0n) is 15.4. The Morgan fingerprint density at radius 2 is 1.85 bits per heavy atom. The predicted molar refractivity (Wildman–Crippen MR) is 106 cm³/mol. The van der Waals surface area contributed by atoms with Crippen molar-refractivity contribution in [2.45, 2.75) is 19.8 Å². The molecule has 0 atom stereocenters. The van der Waals surface area contributed by atoms with Crippen LogP contribution in [0.15, 0.2) is 61.2 Å². The Morgan fingerprint density at radius 1 is 1.07 bits per heavy atom. The lowest BCUT2D eigenvalue weighted by molar-refractivity contribution is -0.120. The first-order valence-electron chi connectivity index (χ1n) is 9.27. The summed E-state index contributed by atoms with van der Waals surface area (Å²) in [4.78, 5) is 19.1. The van der Waals surface area contributed by atoms with Crippen LogP contribution in [0.2, 0.25) is 0 Å². The van der Waals surface area contributed by atoms with Crippen molar-refractivity contribution in [3.05, 3.63) is 66.7 Å². The Morgan fingerprint density at radius 3 is 2.56 bits per heavy atom. The quantitative estimate of drug-likeness (QED) is 0.773. The largest absolute Gasteiger partial charge is 0.368 e. The molecule has 3 heterocycles. The van der Waals surface area contributed by atoms with E-state index in [-0.39, 0.29) is 11.8 Å². The smallest absolute Gasteiger partial charge is 0.227 e. The summed E-state index contributed by atoms with van der Waals surface area (Å²) in [7, 11) is 0. The SMILES string of the molecule is Cc1cnn(-c2ccncc2N2CCC(C(=O)Nc3ccccc3)CC2)c1. The first kappa shape index (κ1) is 17.3. The number of amides is 1. The molecule has 1 saturated heterocycles. The van der Waals surface area contributed by atoms with Crippen molar-refractivity contribution in [1.29, 1.82) is 0 Å². The van der Waals surface area contributed by atoms with E-state index in [2.05, 4.69) is 20.3 Å². The third kappa shape index (κ3) is 3.84. The fourth-order valence-corrected chi connectivity index (χ4v) is 3.51. The maximum atomic E-state index is 12.5. The molecule has 1 aliphatic heterocycles. The van der Waals surface area contributed by atoms with Gasteiger partial charge in [0, 0.05) is 37.1 Å². The van der Waals surface area contributed by atoms with Gasteiger partial charge in [-0.2, -0.15) is 5.10 Å². The van der Waals surface area contributed by atoms with E-state index < -0.39 is 0 Å². The van der Waals surface area contributed by atoms with Crippen LogP contribution >= 0.6 is 0 Å². The van der Waals surface area contributed by atoms with E-state index in [0.717, 1.165) is 48.6 Å². The molecule has 6 heteroatoms. The minimum Gasteiger partial charge on any atom is -0.368 e. The molecule has 1 aliphatic rings. The number of nitrogens with zero attached hydrogens (tertiary/aromatic N) is 4. The normalized spacial score (nSPS) is 14.9. The molecule has 0 bridgehead atoms. The van der Waals surface area contributed by atoms with Gasteiger partial charge < -0.3 is 10.2 Å². The number of anilines is 2. The Hall–Kier alpha value is -3.15. The molecule has 0 radical (unpaired) electrons. The van der Waals surface area contributed by atoms with Crippen LogP contribution in [0, 0.1) is 12.8 Å². The Labute approximate surface area is 158 Å². The highest BCUT2D eigenvalue weighted by Crippen LogP contribution is 2.28. The lowest BCUT2D eigenvalue weighted by atomic mass is 9.95. The van der Waals surface area contributed by atoms with E-state index >= 15 is 0 Å². The third-order valence-corrected chi connectivity index (χ3v) is 4.98. The number of carbonyl (C=O) groups is 1. The molecule has 0 aliphatic carbocycles. The second-order valence-corrected chi connectivity index (χ2v) is 6.94. The summed E-state index contributed by atoms with van der Waals surface area (Å²) >= 11 is 0. The first-order valence-corrected chi connectivity index (χ1v) is 9.27. The lowest BCUT2D eigenvalue weighted by Crippen LogP contribution is -2.38. The van der Waals surface area contributed by atoms with Gasteiger partial charge in [0.05, 0.1) is 23.8 Å². The summed E-state index contributed by atoms with van der Waals surface area (Å²) in [5.74, 6) is 0.142. The van der Waals surface area contributed by atoms with Gasteiger partial charge >= 0.3 is 0 Å². The molecule has 4 rings (SSSR count). The van der Waals surface area contributed by atoms with E-state index in [0.29, 0.717) is 0 Å². The molecule has 2 aromatic heterocycles. The van der Waals surface area contributed by atoms with Crippen molar-refractivity contribution < 1.29 is 4.79 Å². The van der Waals surface area contributed by atoms with E-state index in [9.17, 15) is 4.79 Å². The topological polar surface area (TPSA) is 63.1 Å². The predicted octanol–water partition coefficient (Wildman–Crippen LogP) is 3.43. The molecule has 1 aromatic carbocycles. The van der Waals surface area contributed by atoms with Crippen molar-refractivity contribution in [1.82, 2.24) is 14.8 Å². The van der Waals surface area contributed by atoms with Crippen LogP contribution in [0.1, 0.15) is 18.4 Å². The van der Waals surface area contributed by atoms with E-state index in [1.165, 1.54) is 0 Å². The van der Waals surface area contributed by atoms with Crippen molar-refractivity contribution >= 4 is 17.3 Å². The molecule has 0 unspecified atom stereocenters. The van der Waals surface area contributed by atoms with Crippen LogP contribution in [0.4, 0.5) is 11.4 Å². The molecule has 1 N–H and O–H groups in total. The van der Waals surface area contributed by atoms with Crippen molar-refractivity contribution in [2.75, 3.05) is 23.3 Å². The Bertz CT molecular complexity index is 913. The number of hydrogen-bond donors (Lipinski definition) is 1. The van der Waals surface area contributed by atoms with Gasteiger partial charge in [0.2, 0.25) is 5.91 Å². The second kappa shape index (κ2) is 7.61. The summed E-state index contributed by atoms with van der Waals surface area (Å²) in [6.45, 7) is 3.68. The monoisotopic (exact) mass is 361 g/mol. The highest BCUT2D eigenvalue weighted by atomic mass is 16.1. The lowest BCUT2D eigenvalue weighted by Gasteiger charge is -2.33. The average molecular weight is 361 g/mol. The molecule has 3 aromatic rings. The molecular weight excluding hydrogens is 338 g/mol. The summed E-state index contributed by atoms with van der Waals surface area (Å²) in [5.41, 5.74) is 4.05. The van der Waals surface area contributed by atoms with Crippen LogP contribution in [0.5, 0.6) is 0 Å². The number of hydrogen-bond acceptors (Lipinski definition) is 4. The molecule has 6 nitrogen and oxygen atoms in total. The highest BCUT2D eigenvalue weighted by molar-refractivity contribution is 5.92. The average Bonchev–Trinajstić information content (AvgIpc) is 3.15. The van der Waals surface area contributed by atoms with E-state index in [1.54, 1.807) is 6.20 Å². The van der Waals surface area contributed by atoms with E-state index in [4.69, 9.17) is 0 Å². The minimum absolute atomic E-state index is 0.0357. The number of benzene rings is 1. The summed E-state index contributed by atoms with van der Waals surface area (Å²) < 4.78 is 1.89. The highest BCUT2D eigenvalue weighted by Gasteiger charge is 2.26. The Kier molecular flexibility index (Phi) is 4.87. The van der Waals surface area contributed by atoms with Gasteiger partial charge in [-0.25, -0.2) is 4.68 Å². The van der Waals surface area contributed by atoms with Crippen molar-refractivity contribution in [2.24, 2.45) is 5.92 Å². The fourth-order valence-electron chi connectivity index (χ4n) is 3.51. The Balaban J connectivity index is 1.43. The molecule has 1 amide bonds. The standard InChI is InChI=1S/C21H23N5O/c1-16-13-23-26(15-16)19-7-10-22-14-20(19)25-11-8-17(9-12-25)21(27)24-18-5-3-2-4-6-18/h2-7,10,13-15,17H,8-9,11-12H2,1H3,(H,24,27). The van der Waals surface area contributed by atoms with E-state index in [1.807, 2.05) is 66.6 Å². The van der Waals surface area contributed by atoms with Gasteiger partial charge in [0.25, 0.3) is 0 Å². The number of piperidine rings is 1. The number of aryl methyl sites for hydroxylation is 1. The van der Waals surface area contributed by atoms with Gasteiger partial charge in [-0.1, -0.05) is 18.2 Å². The molecule has 0 saturated carbocycles. The summed E-state index contributed by atoms with van der Waals surface area (Å²) in [6, 6.07) is 11.6. The number of rotatable bonds is 4. The maximum Gasteiger partial charge on any atom is 0.227 e. The number of pyridine rings is 1. The van der Waals surface area contributed by atoms with Crippen molar-refractivity contribution in [3.63, 3.8) is 0 Å². The summed E-state index contributed by atoms with van der Waals surface area (Å²) in [6.07, 6.45) is 9.19. The van der Waals surface area contributed by atoms with Crippen LogP contribution in [-0.2, 0) is 4.79 Å². The third-order valence-electron chi connectivity index (χ3n) is 4.98. The van der Waals surface area contributed by atoms with Gasteiger partial charge in [-0.15, -0.1) is 0 Å². The molecule has 27 heavy (non-hydrogen) atoms. The van der Waals surface area contributed by atoms with Gasteiger partial charge in [0.15, 0.2) is 0 Å². The van der Waals surface area contributed by atoms with Crippen molar-refractivity contribution in [3.8, 4) is 5.69 Å². The summed E-state index contributed by atoms with van der Waals surface area (Å²) in [5, 5.41) is 7.45. The molecular formula is C21H23N5O. The number of aromatic nitrogens is 3. The minimum atomic E-state index is 0.0357. The van der Waals surface area contributed by atoms with Crippen LogP contribution in [-0.4, -0.2) is 33.8 Å². The van der Waals surface area contributed by atoms with Crippen LogP contribution in [0.25, 0.3) is 5.69 Å². The second-order valence-electron chi connectivity index (χ2n) is 6.94. The first-order chi connectivity index (χ1) is 13.2. The fraction of sp³-hybridized carbons (Fsp3) is 0.286. The van der Waals surface area contributed by atoms with Crippen LogP contribution < -0.4 is 10.2 Å². The number of carbonyl (C=O) groups excluding carboxylic acids is 1. The molecule has 0 spiro atoms. The van der Waals surface area contributed by atoms with Crippen LogP contribution in [0.3, 0.4) is 0 Å². The van der Waals surface area contributed by atoms with Gasteiger partial charge in [0.1, 0.15) is 0 Å². The zero-order chi connectivity index (χ0) is 18.6. The van der Waals surface area contributed by atoms with Gasteiger partial charge in [-0.3, -0.25) is 9.78 Å². The molecule has 1 fully saturated rings. The van der Waals surface area contributed by atoms with Gasteiger partial charge in [-0.05, 0) is 43.5 Å². The number of nitrogens with one attached hydrogen (secondary N) is 1. The zero-order valence-corrected chi connectivity index (χ0v) is 15.4. The maximum absolute atomic E-state index is 12.5. The number of para-hydroxylation sites is 1. The molecule has 138 valence electrons.